The van der Waals surface area contributed by atoms with Crippen LogP contribution < -0.4 is 16.6 Å². The molecule has 0 bridgehead atoms. The van der Waals surface area contributed by atoms with Crippen molar-refractivity contribution in [2.24, 2.45) is 7.05 Å². The molecule has 1 N–H and O–H groups in total. The molecule has 1 fully saturated rings. The highest BCUT2D eigenvalue weighted by molar-refractivity contribution is 5.92. The van der Waals surface area contributed by atoms with Gasteiger partial charge in [-0.05, 0) is 36.6 Å². The molecular weight excluding hydrogens is 484 g/mol. The van der Waals surface area contributed by atoms with Gasteiger partial charge in [-0.15, -0.1) is 0 Å². The van der Waals surface area contributed by atoms with Gasteiger partial charge in [0.15, 0.2) is 0 Å². The van der Waals surface area contributed by atoms with Crippen molar-refractivity contribution in [3.8, 4) is 11.1 Å². The molecule has 3 amide bonds. The molecule has 2 aliphatic heterocycles. The number of para-hydroxylation sites is 1. The largest absolute Gasteiger partial charge is 0.341 e. The van der Waals surface area contributed by atoms with Crippen LogP contribution in [0.15, 0.2) is 58.3 Å². The predicted molar refractivity (Wildman–Crippen MR) is 132 cm³/mol. The number of carbonyl (C=O) groups is 2. The van der Waals surface area contributed by atoms with Crippen LogP contribution in [0.4, 0.5) is 19.3 Å². The fourth-order valence-corrected chi connectivity index (χ4v) is 4.92. The van der Waals surface area contributed by atoms with Crippen molar-refractivity contribution in [2.45, 2.75) is 32.0 Å². The van der Waals surface area contributed by atoms with Gasteiger partial charge in [-0.25, -0.2) is 18.4 Å². The van der Waals surface area contributed by atoms with E-state index in [9.17, 15) is 28.0 Å². The van der Waals surface area contributed by atoms with E-state index in [0.717, 1.165) is 38.7 Å². The van der Waals surface area contributed by atoms with E-state index >= 15 is 0 Å². The Morgan fingerprint density at radius 2 is 1.76 bits per heavy atom. The van der Waals surface area contributed by atoms with Crippen LogP contribution in [-0.2, 0) is 24.9 Å². The Morgan fingerprint density at radius 3 is 2.49 bits per heavy atom. The number of benzene rings is 2. The Hall–Kier alpha value is -4.28. The third kappa shape index (κ3) is 4.64. The highest BCUT2D eigenvalue weighted by Crippen LogP contribution is 2.27. The zero-order valence-corrected chi connectivity index (χ0v) is 20.1. The second kappa shape index (κ2) is 9.64. The second-order valence-electron chi connectivity index (χ2n) is 9.27. The zero-order chi connectivity index (χ0) is 26.3. The smallest absolute Gasteiger partial charge is 0.331 e. The van der Waals surface area contributed by atoms with E-state index in [1.165, 1.54) is 7.05 Å². The van der Waals surface area contributed by atoms with E-state index in [4.69, 9.17) is 0 Å². The first-order valence-corrected chi connectivity index (χ1v) is 11.9. The highest BCUT2D eigenvalue weighted by Gasteiger charge is 2.32. The van der Waals surface area contributed by atoms with Gasteiger partial charge in [0, 0.05) is 56.2 Å². The van der Waals surface area contributed by atoms with Gasteiger partial charge >= 0.3 is 11.7 Å². The number of amides is 3. The summed E-state index contributed by atoms with van der Waals surface area (Å²) in [6.07, 6.45) is 2.30. The van der Waals surface area contributed by atoms with Crippen LogP contribution in [0, 0.1) is 11.6 Å². The minimum Gasteiger partial charge on any atom is -0.341 e. The molecule has 5 rings (SSSR count). The molecule has 0 atom stereocenters. The van der Waals surface area contributed by atoms with Crippen LogP contribution in [0.25, 0.3) is 11.1 Å². The monoisotopic (exact) mass is 509 g/mol. The number of halogens is 2. The number of hydrogen-bond donors (Lipinski definition) is 1. The fourth-order valence-electron chi connectivity index (χ4n) is 4.92. The molecule has 0 spiro atoms. The number of nitrogens with zero attached hydrogens (tertiary/aromatic N) is 4. The van der Waals surface area contributed by atoms with Gasteiger partial charge in [-0.2, -0.15) is 0 Å². The van der Waals surface area contributed by atoms with Crippen molar-refractivity contribution in [3.63, 3.8) is 0 Å². The number of urea groups is 1. The summed E-state index contributed by atoms with van der Waals surface area (Å²) < 4.78 is 29.5. The van der Waals surface area contributed by atoms with Gasteiger partial charge in [0.25, 0.3) is 5.56 Å². The van der Waals surface area contributed by atoms with Crippen LogP contribution in [0.2, 0.25) is 0 Å². The van der Waals surface area contributed by atoms with Gasteiger partial charge in [0.1, 0.15) is 18.2 Å². The molecule has 0 unspecified atom stereocenters. The summed E-state index contributed by atoms with van der Waals surface area (Å²) in [6.45, 7) is 0.950. The molecule has 0 radical (unpaired) electrons. The summed E-state index contributed by atoms with van der Waals surface area (Å²) in [7, 11) is 1.24. The van der Waals surface area contributed by atoms with Crippen molar-refractivity contribution in [2.75, 3.05) is 18.4 Å². The van der Waals surface area contributed by atoms with Crippen LogP contribution in [0.3, 0.4) is 0 Å². The highest BCUT2D eigenvalue weighted by atomic mass is 19.1. The minimum absolute atomic E-state index is 0.0364. The topological polar surface area (TPSA) is 96.7 Å². The number of fused-ring (bicyclic) bond motifs is 1. The van der Waals surface area contributed by atoms with Crippen LogP contribution in [0.5, 0.6) is 0 Å². The number of piperidine rings is 1. The lowest BCUT2D eigenvalue weighted by atomic mass is 10.0. The molecule has 2 aliphatic rings. The van der Waals surface area contributed by atoms with Crippen molar-refractivity contribution >= 4 is 17.6 Å². The van der Waals surface area contributed by atoms with Gasteiger partial charge < -0.3 is 15.1 Å². The molecule has 3 aromatic rings. The molecule has 37 heavy (non-hydrogen) atoms. The summed E-state index contributed by atoms with van der Waals surface area (Å²) in [4.78, 5) is 54.4. The Bertz CT molecular complexity index is 1510. The molecule has 0 saturated carbocycles. The number of aromatic nitrogens is 2. The Balaban J connectivity index is 1.29. The molecule has 1 aromatic heterocycles. The predicted octanol–water partition coefficient (Wildman–Crippen LogP) is 2.53. The molecule has 11 heteroatoms. The Morgan fingerprint density at radius 1 is 1.03 bits per heavy atom. The van der Waals surface area contributed by atoms with Crippen molar-refractivity contribution in [1.82, 2.24) is 18.9 Å². The molecule has 192 valence electrons. The lowest BCUT2D eigenvalue weighted by Gasteiger charge is -2.40. The van der Waals surface area contributed by atoms with Crippen LogP contribution in [0.1, 0.15) is 18.4 Å². The normalized spacial score (nSPS) is 15.9. The number of nitrogens with one attached hydrogen (secondary N) is 1. The zero-order valence-electron chi connectivity index (χ0n) is 20.1. The fraction of sp³-hybridized carbons (Fsp3) is 0.308. The molecule has 1 saturated heterocycles. The third-order valence-electron chi connectivity index (χ3n) is 7.00. The lowest BCUT2D eigenvalue weighted by molar-refractivity contribution is -0.133. The van der Waals surface area contributed by atoms with E-state index in [-0.39, 0.29) is 35.7 Å². The summed E-state index contributed by atoms with van der Waals surface area (Å²) in [6, 6.07) is 10.2. The Kier molecular flexibility index (Phi) is 6.36. The van der Waals surface area contributed by atoms with Gasteiger partial charge in [0.05, 0.1) is 5.56 Å². The SMILES string of the molecule is Cn1c(=O)c(-c2ccc(F)cc2F)cn(CC(=O)N2CCC(N3Cc4ccccc4NC3=O)CC2)c1=O. The quantitative estimate of drug-likeness (QED) is 0.585. The third-order valence-corrected chi connectivity index (χ3v) is 7.00. The average Bonchev–Trinajstić information content (AvgIpc) is 2.89. The Labute approximate surface area is 210 Å². The van der Waals surface area contributed by atoms with Crippen LogP contribution >= 0.6 is 0 Å². The molecule has 2 aromatic carbocycles. The molecular formula is C26H25F2N5O4. The maximum absolute atomic E-state index is 14.4. The number of hydrogen-bond acceptors (Lipinski definition) is 4. The van der Waals surface area contributed by atoms with Crippen LogP contribution in [-0.4, -0.2) is 50.0 Å². The van der Waals surface area contributed by atoms with E-state index in [1.807, 2.05) is 24.3 Å². The van der Waals surface area contributed by atoms with Gasteiger partial charge in [-0.1, -0.05) is 18.2 Å². The summed E-state index contributed by atoms with van der Waals surface area (Å²) >= 11 is 0. The summed E-state index contributed by atoms with van der Waals surface area (Å²) in [5.41, 5.74) is 0.0551. The number of rotatable bonds is 4. The maximum atomic E-state index is 14.4. The maximum Gasteiger partial charge on any atom is 0.331 e. The average molecular weight is 510 g/mol. The van der Waals surface area contributed by atoms with Crippen molar-refractivity contribution in [1.29, 1.82) is 0 Å². The lowest BCUT2D eigenvalue weighted by Crippen LogP contribution is -2.51. The summed E-state index contributed by atoms with van der Waals surface area (Å²) in [5.74, 6) is -2.07. The van der Waals surface area contributed by atoms with E-state index in [0.29, 0.717) is 38.5 Å². The number of likely N-dealkylation sites (tertiary alicyclic amines) is 1. The van der Waals surface area contributed by atoms with Gasteiger partial charge in [0.2, 0.25) is 5.91 Å². The minimum atomic E-state index is -0.944. The molecule has 9 nitrogen and oxygen atoms in total. The molecule has 3 heterocycles. The van der Waals surface area contributed by atoms with E-state index in [2.05, 4.69) is 5.32 Å². The second-order valence-corrected chi connectivity index (χ2v) is 9.27. The molecule has 0 aliphatic carbocycles. The first kappa shape index (κ1) is 24.4. The first-order valence-electron chi connectivity index (χ1n) is 11.9. The van der Waals surface area contributed by atoms with Crippen molar-refractivity contribution in [3.05, 3.63) is 86.7 Å². The number of anilines is 1. The summed E-state index contributed by atoms with van der Waals surface area (Å²) in [5, 5.41) is 2.91. The van der Waals surface area contributed by atoms with E-state index in [1.54, 1.807) is 9.80 Å². The van der Waals surface area contributed by atoms with E-state index < -0.39 is 22.9 Å². The first-order chi connectivity index (χ1) is 17.7. The van der Waals surface area contributed by atoms with Gasteiger partial charge in [-0.3, -0.25) is 18.7 Å². The standard InChI is InChI=1S/C26H25F2N5O4/c1-30-24(35)20(19-7-6-17(27)12-21(19)28)14-32(26(30)37)15-23(34)31-10-8-18(9-11-31)33-13-16-4-2-3-5-22(16)29-25(33)36/h2-7,12,14,18H,8-11,13,15H2,1H3,(H,29,36). The van der Waals surface area contributed by atoms with Crippen molar-refractivity contribution < 1.29 is 18.4 Å². The number of carbonyl (C=O) groups excluding carboxylic acids is 2.